The van der Waals surface area contributed by atoms with E-state index in [1.807, 2.05) is 0 Å². The quantitative estimate of drug-likeness (QED) is 0.868. The van der Waals surface area contributed by atoms with Gasteiger partial charge in [-0.15, -0.1) is 0 Å². The van der Waals surface area contributed by atoms with Crippen molar-refractivity contribution in [3.8, 4) is 0 Å². The topological polar surface area (TPSA) is 70.1 Å². The maximum absolute atomic E-state index is 11.8. The van der Waals surface area contributed by atoms with Gasteiger partial charge in [-0.25, -0.2) is 14.8 Å². The number of urea groups is 1. The molecule has 1 aliphatic carbocycles. The monoisotopic (exact) mass is 303 g/mol. The lowest BCUT2D eigenvalue weighted by atomic mass is 9.89. The Morgan fingerprint density at radius 3 is 2.59 bits per heavy atom. The van der Waals surface area contributed by atoms with Crippen LogP contribution in [0.15, 0.2) is 18.5 Å². The van der Waals surface area contributed by atoms with Crippen molar-refractivity contribution in [2.45, 2.75) is 57.2 Å². The molecule has 0 aromatic carbocycles. The molecule has 1 aromatic rings. The van der Waals surface area contributed by atoms with Crippen molar-refractivity contribution in [1.29, 1.82) is 0 Å². The molecule has 6 heteroatoms. The molecule has 1 unspecified atom stereocenters. The Hall–Kier alpha value is -1.69. The third-order valence-corrected chi connectivity index (χ3v) is 4.76. The predicted molar refractivity (Wildman–Crippen MR) is 84.3 cm³/mol. The Morgan fingerprint density at radius 1 is 1.14 bits per heavy atom. The molecular weight excluding hydrogens is 278 g/mol. The first kappa shape index (κ1) is 15.2. The smallest absolute Gasteiger partial charge is 0.315 e. The third kappa shape index (κ3) is 3.94. The van der Waals surface area contributed by atoms with E-state index in [0.29, 0.717) is 18.4 Å². The van der Waals surface area contributed by atoms with Crippen LogP contribution in [0.3, 0.4) is 0 Å². The minimum atomic E-state index is -0.136. The van der Waals surface area contributed by atoms with Gasteiger partial charge in [-0.05, 0) is 25.3 Å². The number of hydrogen-bond acceptors (Lipinski definition) is 4. The SMILES string of the molecule is O=C(NCc1ncccn1)NCC1CCN1C1CCCCC1. The van der Waals surface area contributed by atoms with Crippen LogP contribution < -0.4 is 10.6 Å². The van der Waals surface area contributed by atoms with Crippen LogP contribution in [0.4, 0.5) is 4.79 Å². The Morgan fingerprint density at radius 2 is 1.91 bits per heavy atom. The molecule has 1 saturated heterocycles. The number of nitrogens with zero attached hydrogens (tertiary/aromatic N) is 3. The van der Waals surface area contributed by atoms with Gasteiger partial charge < -0.3 is 10.6 Å². The van der Waals surface area contributed by atoms with Gasteiger partial charge in [0.25, 0.3) is 0 Å². The van der Waals surface area contributed by atoms with Crippen molar-refractivity contribution < 1.29 is 4.79 Å². The van der Waals surface area contributed by atoms with E-state index in [4.69, 9.17) is 0 Å². The van der Waals surface area contributed by atoms with Crippen molar-refractivity contribution in [1.82, 2.24) is 25.5 Å². The normalized spacial score (nSPS) is 22.8. The first-order chi connectivity index (χ1) is 10.8. The number of carbonyl (C=O) groups excluding carboxylic acids is 1. The second-order valence-corrected chi connectivity index (χ2v) is 6.20. The fraction of sp³-hybridized carbons (Fsp3) is 0.688. The minimum absolute atomic E-state index is 0.136. The van der Waals surface area contributed by atoms with Crippen LogP contribution in [0.25, 0.3) is 0 Å². The Labute approximate surface area is 131 Å². The summed E-state index contributed by atoms with van der Waals surface area (Å²) in [6.07, 6.45) is 11.3. The predicted octanol–water partition coefficient (Wildman–Crippen LogP) is 1.68. The summed E-state index contributed by atoms with van der Waals surface area (Å²) in [6, 6.07) is 2.89. The number of hydrogen-bond donors (Lipinski definition) is 2. The lowest BCUT2D eigenvalue weighted by Crippen LogP contribution is -2.58. The number of amides is 2. The number of rotatable bonds is 5. The molecule has 120 valence electrons. The van der Waals surface area contributed by atoms with Crippen molar-refractivity contribution >= 4 is 6.03 Å². The van der Waals surface area contributed by atoms with E-state index in [2.05, 4.69) is 25.5 Å². The maximum Gasteiger partial charge on any atom is 0.315 e. The molecule has 2 aliphatic rings. The number of aromatic nitrogens is 2. The largest absolute Gasteiger partial charge is 0.337 e. The second-order valence-electron chi connectivity index (χ2n) is 6.20. The molecule has 1 saturated carbocycles. The maximum atomic E-state index is 11.8. The van der Waals surface area contributed by atoms with Gasteiger partial charge in [0.05, 0.1) is 6.54 Å². The van der Waals surface area contributed by atoms with E-state index in [1.54, 1.807) is 18.5 Å². The highest BCUT2D eigenvalue weighted by Crippen LogP contribution is 2.29. The molecule has 2 heterocycles. The Bertz CT molecular complexity index is 475. The molecule has 0 radical (unpaired) electrons. The molecule has 2 N–H and O–H groups in total. The summed E-state index contributed by atoms with van der Waals surface area (Å²) < 4.78 is 0. The molecule has 3 rings (SSSR count). The van der Waals surface area contributed by atoms with E-state index in [1.165, 1.54) is 45.1 Å². The van der Waals surface area contributed by atoms with Gasteiger partial charge in [-0.2, -0.15) is 0 Å². The van der Waals surface area contributed by atoms with E-state index < -0.39 is 0 Å². The van der Waals surface area contributed by atoms with Gasteiger partial charge in [0, 0.05) is 37.6 Å². The van der Waals surface area contributed by atoms with Gasteiger partial charge in [0.15, 0.2) is 0 Å². The van der Waals surface area contributed by atoms with Crippen LogP contribution in [0.5, 0.6) is 0 Å². The van der Waals surface area contributed by atoms with Crippen LogP contribution in [0.2, 0.25) is 0 Å². The van der Waals surface area contributed by atoms with Crippen molar-refractivity contribution in [2.24, 2.45) is 0 Å². The van der Waals surface area contributed by atoms with E-state index in [9.17, 15) is 4.79 Å². The summed E-state index contributed by atoms with van der Waals surface area (Å²) in [5.74, 6) is 0.630. The second kappa shape index (κ2) is 7.54. The summed E-state index contributed by atoms with van der Waals surface area (Å²) >= 11 is 0. The zero-order valence-corrected chi connectivity index (χ0v) is 13.0. The highest BCUT2D eigenvalue weighted by molar-refractivity contribution is 5.73. The van der Waals surface area contributed by atoms with E-state index >= 15 is 0 Å². The number of nitrogens with one attached hydrogen (secondary N) is 2. The fourth-order valence-corrected chi connectivity index (χ4v) is 3.43. The van der Waals surface area contributed by atoms with Crippen molar-refractivity contribution in [2.75, 3.05) is 13.1 Å². The van der Waals surface area contributed by atoms with Gasteiger partial charge in [-0.1, -0.05) is 19.3 Å². The highest BCUT2D eigenvalue weighted by atomic mass is 16.2. The van der Waals surface area contributed by atoms with Crippen molar-refractivity contribution in [3.05, 3.63) is 24.3 Å². The van der Waals surface area contributed by atoms with Crippen LogP contribution in [0, 0.1) is 0 Å². The molecule has 1 atom stereocenters. The van der Waals surface area contributed by atoms with Crippen LogP contribution in [-0.4, -0.2) is 46.1 Å². The summed E-state index contributed by atoms with van der Waals surface area (Å²) in [7, 11) is 0. The lowest BCUT2D eigenvalue weighted by molar-refractivity contribution is 0.0256. The average molecular weight is 303 g/mol. The average Bonchev–Trinajstić information content (AvgIpc) is 2.54. The first-order valence-electron chi connectivity index (χ1n) is 8.36. The third-order valence-electron chi connectivity index (χ3n) is 4.76. The van der Waals surface area contributed by atoms with Gasteiger partial charge in [-0.3, -0.25) is 4.90 Å². The summed E-state index contributed by atoms with van der Waals surface area (Å²) in [6.45, 7) is 2.29. The summed E-state index contributed by atoms with van der Waals surface area (Å²) in [5, 5.41) is 5.78. The molecule has 2 fully saturated rings. The zero-order chi connectivity index (χ0) is 15.2. The molecule has 1 aromatic heterocycles. The Balaban J connectivity index is 1.36. The minimum Gasteiger partial charge on any atom is -0.337 e. The molecule has 2 amide bonds. The molecule has 6 nitrogen and oxygen atoms in total. The van der Waals surface area contributed by atoms with Crippen LogP contribution >= 0.6 is 0 Å². The first-order valence-corrected chi connectivity index (χ1v) is 8.36. The Kier molecular flexibility index (Phi) is 5.21. The molecular formula is C16H25N5O. The highest BCUT2D eigenvalue weighted by Gasteiger charge is 2.34. The van der Waals surface area contributed by atoms with E-state index in [0.717, 1.165) is 12.6 Å². The number of likely N-dealkylation sites (tertiary alicyclic amines) is 1. The van der Waals surface area contributed by atoms with Crippen LogP contribution in [-0.2, 0) is 6.54 Å². The van der Waals surface area contributed by atoms with Crippen molar-refractivity contribution in [3.63, 3.8) is 0 Å². The van der Waals surface area contributed by atoms with Gasteiger partial charge in [0.2, 0.25) is 0 Å². The standard InChI is InChI=1S/C16H25N5O/c22-16(20-12-15-17-8-4-9-18-15)19-11-14-7-10-21(14)13-5-2-1-3-6-13/h4,8-9,13-14H,1-3,5-7,10-12H2,(H2,19,20,22). The molecule has 0 bridgehead atoms. The lowest BCUT2D eigenvalue weighted by Gasteiger charge is -2.47. The summed E-state index contributed by atoms with van der Waals surface area (Å²) in [5.41, 5.74) is 0. The van der Waals surface area contributed by atoms with Gasteiger partial charge >= 0.3 is 6.03 Å². The molecule has 0 spiro atoms. The molecule has 22 heavy (non-hydrogen) atoms. The fourth-order valence-electron chi connectivity index (χ4n) is 3.43. The number of carbonyl (C=O) groups is 1. The summed E-state index contributed by atoms with van der Waals surface area (Å²) in [4.78, 5) is 22.6. The van der Waals surface area contributed by atoms with Crippen LogP contribution in [0.1, 0.15) is 44.3 Å². The zero-order valence-electron chi connectivity index (χ0n) is 13.0. The van der Waals surface area contributed by atoms with Gasteiger partial charge in [0.1, 0.15) is 5.82 Å². The molecule has 1 aliphatic heterocycles. The van der Waals surface area contributed by atoms with E-state index in [-0.39, 0.29) is 6.03 Å².